The van der Waals surface area contributed by atoms with Gasteiger partial charge in [0.05, 0.1) is 0 Å². The summed E-state index contributed by atoms with van der Waals surface area (Å²) >= 11 is 0. The number of aliphatic hydroxyl groups is 2. The van der Waals surface area contributed by atoms with E-state index in [4.69, 9.17) is 4.74 Å². The molecule has 0 saturated heterocycles. The van der Waals surface area contributed by atoms with Crippen molar-refractivity contribution in [3.05, 3.63) is 95.1 Å². The van der Waals surface area contributed by atoms with Gasteiger partial charge in [-0.2, -0.15) is 0 Å². The number of carbonyl (C=O) groups excluding carboxylic acids is 1. The molecule has 0 fully saturated rings. The summed E-state index contributed by atoms with van der Waals surface area (Å²) in [6.07, 6.45) is -2.03. The van der Waals surface area contributed by atoms with Crippen LogP contribution in [-0.2, 0) is 11.3 Å². The second-order valence-corrected chi connectivity index (χ2v) is 6.51. The Kier molecular flexibility index (Phi) is 4.73. The zero-order valence-electron chi connectivity index (χ0n) is 14.9. The Morgan fingerprint density at radius 1 is 0.857 bits per heavy atom. The molecule has 1 aliphatic rings. The van der Waals surface area contributed by atoms with Crippen molar-refractivity contribution in [2.45, 2.75) is 19.1 Å². The largest absolute Gasteiger partial charge is 0.507 e. The predicted octanol–water partition coefficient (Wildman–Crippen LogP) is 3.25. The number of aromatic hydroxyl groups is 1. The van der Waals surface area contributed by atoms with Crippen molar-refractivity contribution in [2.75, 3.05) is 4.90 Å². The molecule has 0 bridgehead atoms. The van der Waals surface area contributed by atoms with Crippen LogP contribution in [0.5, 0.6) is 5.75 Å². The number of phenols is 1. The summed E-state index contributed by atoms with van der Waals surface area (Å²) in [4.78, 5) is 13.8. The van der Waals surface area contributed by atoms with E-state index in [1.54, 1.807) is 60.7 Å². The number of phenolic OH excluding ortho intramolecular Hbond substituents is 1. The number of anilines is 1. The van der Waals surface area contributed by atoms with Crippen LogP contribution in [0, 0.1) is 0 Å². The zero-order valence-corrected chi connectivity index (χ0v) is 14.9. The molecule has 0 aliphatic carbocycles. The molecule has 0 amide bonds. The van der Waals surface area contributed by atoms with E-state index < -0.39 is 18.4 Å². The van der Waals surface area contributed by atoms with Crippen molar-refractivity contribution in [1.82, 2.24) is 0 Å². The third-order valence-electron chi connectivity index (χ3n) is 4.83. The van der Waals surface area contributed by atoms with Crippen LogP contribution in [0.2, 0.25) is 0 Å². The lowest BCUT2D eigenvalue weighted by molar-refractivity contribution is 0.0468. The molecule has 2 unspecified atom stereocenters. The first kappa shape index (κ1) is 18.0. The summed E-state index contributed by atoms with van der Waals surface area (Å²) in [5, 5.41) is 31.2. The van der Waals surface area contributed by atoms with E-state index in [0.717, 1.165) is 0 Å². The minimum Gasteiger partial charge on any atom is -0.507 e. The fourth-order valence-electron chi connectivity index (χ4n) is 3.43. The summed E-state index contributed by atoms with van der Waals surface area (Å²) in [6.45, 7) is -0.0738. The van der Waals surface area contributed by atoms with Gasteiger partial charge in [-0.25, -0.2) is 4.79 Å². The van der Waals surface area contributed by atoms with E-state index in [0.29, 0.717) is 22.4 Å². The Bertz CT molecular complexity index is 990. The lowest BCUT2D eigenvalue weighted by atomic mass is 10.1. The van der Waals surface area contributed by atoms with E-state index in [9.17, 15) is 20.1 Å². The number of ether oxygens (including phenoxy) is 1. The number of hydrogen-bond acceptors (Lipinski definition) is 6. The van der Waals surface area contributed by atoms with Gasteiger partial charge >= 0.3 is 5.97 Å². The van der Waals surface area contributed by atoms with Crippen LogP contribution in [0.1, 0.15) is 39.5 Å². The first-order chi connectivity index (χ1) is 13.6. The van der Waals surface area contributed by atoms with Crippen LogP contribution in [0.3, 0.4) is 0 Å². The third kappa shape index (κ3) is 3.09. The van der Waals surface area contributed by atoms with Gasteiger partial charge < -0.3 is 25.0 Å². The molecule has 0 saturated carbocycles. The van der Waals surface area contributed by atoms with E-state index in [-0.39, 0.29) is 17.9 Å². The highest BCUT2D eigenvalue weighted by atomic mass is 16.5. The lowest BCUT2D eigenvalue weighted by Gasteiger charge is -2.28. The summed E-state index contributed by atoms with van der Waals surface area (Å²) in [7, 11) is 0. The van der Waals surface area contributed by atoms with E-state index in [1.165, 1.54) is 17.0 Å². The van der Waals surface area contributed by atoms with Gasteiger partial charge in [0, 0.05) is 22.4 Å². The highest BCUT2D eigenvalue weighted by Gasteiger charge is 2.37. The zero-order chi connectivity index (χ0) is 19.7. The SMILES string of the molecule is O=C(OCc1ccccc1N1C(O)c2ccccc2C1O)c1ccccc1O. The standard InChI is InChI=1S/C22H19NO5/c24-19-12-6-4-10-17(19)22(27)28-13-14-7-1-5-11-18(14)23-20(25)15-8-2-3-9-16(15)21(23)26/h1-12,20-21,24-26H,13H2. The molecule has 0 aromatic heterocycles. The normalized spacial score (nSPS) is 18.0. The molecule has 0 radical (unpaired) electrons. The number of aliphatic hydroxyl groups excluding tert-OH is 2. The van der Waals surface area contributed by atoms with Gasteiger partial charge in [0.2, 0.25) is 0 Å². The number of para-hydroxylation sites is 2. The van der Waals surface area contributed by atoms with Crippen molar-refractivity contribution in [1.29, 1.82) is 0 Å². The molecular formula is C22H19NO5. The summed E-state index contributed by atoms with van der Waals surface area (Å²) in [6, 6.07) is 20.4. The molecule has 2 atom stereocenters. The minimum atomic E-state index is -1.01. The maximum Gasteiger partial charge on any atom is 0.342 e. The number of carbonyl (C=O) groups is 1. The molecule has 28 heavy (non-hydrogen) atoms. The first-order valence-corrected chi connectivity index (χ1v) is 8.84. The van der Waals surface area contributed by atoms with E-state index in [2.05, 4.69) is 0 Å². The van der Waals surface area contributed by atoms with Gasteiger partial charge in [-0.1, -0.05) is 54.6 Å². The Hall–Kier alpha value is -3.35. The topological polar surface area (TPSA) is 90.2 Å². The van der Waals surface area contributed by atoms with Gasteiger partial charge in [-0.05, 0) is 18.2 Å². The Balaban J connectivity index is 1.59. The van der Waals surface area contributed by atoms with E-state index in [1.807, 2.05) is 0 Å². The number of esters is 1. The number of nitrogens with zero attached hydrogens (tertiary/aromatic N) is 1. The molecule has 3 N–H and O–H groups in total. The van der Waals surface area contributed by atoms with Crippen molar-refractivity contribution in [2.24, 2.45) is 0 Å². The van der Waals surface area contributed by atoms with Crippen molar-refractivity contribution in [3.8, 4) is 5.75 Å². The van der Waals surface area contributed by atoms with Gasteiger partial charge in [0.15, 0.2) is 12.5 Å². The number of fused-ring (bicyclic) bond motifs is 1. The highest BCUT2D eigenvalue weighted by Crippen LogP contribution is 2.43. The number of benzene rings is 3. The predicted molar refractivity (Wildman–Crippen MR) is 103 cm³/mol. The first-order valence-electron chi connectivity index (χ1n) is 8.84. The molecule has 4 rings (SSSR count). The van der Waals surface area contributed by atoms with E-state index >= 15 is 0 Å². The second-order valence-electron chi connectivity index (χ2n) is 6.51. The van der Waals surface area contributed by atoms with Crippen LogP contribution in [0.15, 0.2) is 72.8 Å². The number of hydrogen-bond donors (Lipinski definition) is 3. The molecule has 3 aromatic rings. The van der Waals surface area contributed by atoms with Gasteiger partial charge in [-0.3, -0.25) is 0 Å². The van der Waals surface area contributed by atoms with Gasteiger partial charge in [0.1, 0.15) is 17.9 Å². The summed E-state index contributed by atoms with van der Waals surface area (Å²) in [5.41, 5.74) is 2.53. The fourth-order valence-corrected chi connectivity index (χ4v) is 3.43. The molecule has 6 nitrogen and oxygen atoms in total. The van der Waals surface area contributed by atoms with Gasteiger partial charge in [-0.15, -0.1) is 0 Å². The van der Waals surface area contributed by atoms with Gasteiger partial charge in [0.25, 0.3) is 0 Å². The maximum atomic E-state index is 12.3. The maximum absolute atomic E-state index is 12.3. The summed E-state index contributed by atoms with van der Waals surface area (Å²) in [5.74, 6) is -0.805. The molecule has 0 spiro atoms. The van der Waals surface area contributed by atoms with Crippen LogP contribution in [0.4, 0.5) is 5.69 Å². The second kappa shape index (κ2) is 7.34. The smallest absolute Gasteiger partial charge is 0.342 e. The third-order valence-corrected chi connectivity index (χ3v) is 4.83. The average molecular weight is 377 g/mol. The summed E-state index contributed by atoms with van der Waals surface area (Å²) < 4.78 is 5.35. The minimum absolute atomic E-state index is 0.0738. The molecule has 6 heteroatoms. The van der Waals surface area contributed by atoms with Crippen molar-refractivity contribution in [3.63, 3.8) is 0 Å². The van der Waals surface area contributed by atoms with Crippen LogP contribution >= 0.6 is 0 Å². The molecular weight excluding hydrogens is 358 g/mol. The van der Waals surface area contributed by atoms with Crippen LogP contribution in [-0.4, -0.2) is 21.3 Å². The molecule has 1 heterocycles. The lowest BCUT2D eigenvalue weighted by Crippen LogP contribution is -2.27. The van der Waals surface area contributed by atoms with Crippen molar-refractivity contribution < 1.29 is 24.9 Å². The average Bonchev–Trinajstić information content (AvgIpc) is 2.97. The highest BCUT2D eigenvalue weighted by molar-refractivity contribution is 5.92. The fraction of sp³-hybridized carbons (Fsp3) is 0.136. The Morgan fingerprint density at radius 2 is 1.43 bits per heavy atom. The molecule has 142 valence electrons. The monoisotopic (exact) mass is 377 g/mol. The Labute approximate surface area is 161 Å². The van der Waals surface area contributed by atoms with Crippen LogP contribution < -0.4 is 4.90 Å². The molecule has 1 aliphatic heterocycles. The Morgan fingerprint density at radius 3 is 2.11 bits per heavy atom. The number of rotatable bonds is 4. The van der Waals surface area contributed by atoms with Crippen LogP contribution in [0.25, 0.3) is 0 Å². The molecule has 3 aromatic carbocycles. The van der Waals surface area contributed by atoms with Crippen molar-refractivity contribution >= 4 is 11.7 Å². The quantitative estimate of drug-likeness (QED) is 0.605.